The summed E-state index contributed by atoms with van der Waals surface area (Å²) in [7, 11) is 0. The monoisotopic (exact) mass is 242 g/mol. The lowest BCUT2D eigenvalue weighted by atomic mass is 10.3. The highest BCUT2D eigenvalue weighted by Crippen LogP contribution is 2.19. The van der Waals surface area contributed by atoms with Crippen LogP contribution >= 0.6 is 11.6 Å². The topological polar surface area (TPSA) is 61.4 Å². The van der Waals surface area contributed by atoms with Crippen molar-refractivity contribution < 1.29 is 9.90 Å². The van der Waals surface area contributed by atoms with Gasteiger partial charge in [-0.25, -0.2) is 4.79 Å². The first kappa shape index (κ1) is 12.8. The minimum Gasteiger partial charge on any atom is -0.393 e. The molecule has 0 aliphatic heterocycles. The van der Waals surface area contributed by atoms with Gasteiger partial charge in [0.2, 0.25) is 0 Å². The van der Waals surface area contributed by atoms with E-state index in [0.29, 0.717) is 23.7 Å². The van der Waals surface area contributed by atoms with Crippen LogP contribution in [0.25, 0.3) is 0 Å². The smallest absolute Gasteiger partial charge is 0.319 e. The number of aliphatic hydroxyl groups is 1. The van der Waals surface area contributed by atoms with Gasteiger partial charge in [-0.2, -0.15) is 0 Å². The molecular formula is C11H15ClN2O2. The van der Waals surface area contributed by atoms with Gasteiger partial charge in [0.25, 0.3) is 0 Å². The van der Waals surface area contributed by atoms with E-state index < -0.39 is 6.10 Å². The Morgan fingerprint density at radius 1 is 1.50 bits per heavy atom. The van der Waals surface area contributed by atoms with E-state index in [2.05, 4.69) is 10.6 Å². The van der Waals surface area contributed by atoms with Crippen LogP contribution in [0.4, 0.5) is 10.5 Å². The summed E-state index contributed by atoms with van der Waals surface area (Å²) in [6, 6.07) is 6.67. The van der Waals surface area contributed by atoms with E-state index in [1.54, 1.807) is 31.2 Å². The summed E-state index contributed by atoms with van der Waals surface area (Å²) < 4.78 is 0. The second kappa shape index (κ2) is 6.35. The van der Waals surface area contributed by atoms with E-state index in [0.717, 1.165) is 0 Å². The summed E-state index contributed by atoms with van der Waals surface area (Å²) in [6.45, 7) is 2.10. The van der Waals surface area contributed by atoms with Crippen LogP contribution in [-0.4, -0.2) is 23.8 Å². The van der Waals surface area contributed by atoms with Gasteiger partial charge < -0.3 is 15.7 Å². The molecule has 1 unspecified atom stereocenters. The number of halogens is 1. The normalized spacial score (nSPS) is 11.9. The standard InChI is InChI=1S/C11H15ClN2O2/c1-8(15)6-7-13-11(16)14-10-5-3-2-4-9(10)12/h2-5,8,15H,6-7H2,1H3,(H2,13,14,16). The fourth-order valence-corrected chi connectivity index (χ4v) is 1.31. The Bertz CT molecular complexity index is 356. The molecule has 0 heterocycles. The number of anilines is 1. The predicted molar refractivity (Wildman–Crippen MR) is 64.8 cm³/mol. The molecule has 1 rings (SSSR count). The summed E-state index contributed by atoms with van der Waals surface area (Å²) in [5.74, 6) is 0. The fraction of sp³-hybridized carbons (Fsp3) is 0.364. The van der Waals surface area contributed by atoms with Gasteiger partial charge >= 0.3 is 6.03 Å². The number of benzene rings is 1. The van der Waals surface area contributed by atoms with Crippen LogP contribution in [0.15, 0.2) is 24.3 Å². The number of hydrogen-bond donors (Lipinski definition) is 3. The second-order valence-electron chi connectivity index (χ2n) is 3.50. The Morgan fingerprint density at radius 2 is 2.19 bits per heavy atom. The lowest BCUT2D eigenvalue weighted by Crippen LogP contribution is -2.30. The summed E-state index contributed by atoms with van der Waals surface area (Å²) in [6.07, 6.45) is 0.108. The van der Waals surface area contributed by atoms with Crippen molar-refractivity contribution in [1.82, 2.24) is 5.32 Å². The van der Waals surface area contributed by atoms with Gasteiger partial charge in [-0.15, -0.1) is 0 Å². The molecule has 0 spiro atoms. The van der Waals surface area contributed by atoms with Crippen molar-refractivity contribution in [3.05, 3.63) is 29.3 Å². The number of carbonyl (C=O) groups excluding carboxylic acids is 1. The molecule has 2 amide bonds. The molecule has 1 aromatic rings. The molecule has 88 valence electrons. The molecule has 3 N–H and O–H groups in total. The van der Waals surface area contributed by atoms with Gasteiger partial charge in [0.1, 0.15) is 0 Å². The lowest BCUT2D eigenvalue weighted by molar-refractivity contribution is 0.184. The van der Waals surface area contributed by atoms with Crippen molar-refractivity contribution in [2.24, 2.45) is 0 Å². The maximum atomic E-state index is 11.4. The van der Waals surface area contributed by atoms with Crippen molar-refractivity contribution in [2.45, 2.75) is 19.4 Å². The number of amides is 2. The zero-order valence-electron chi connectivity index (χ0n) is 9.03. The van der Waals surface area contributed by atoms with Gasteiger partial charge in [-0.05, 0) is 25.5 Å². The molecule has 0 radical (unpaired) electrons. The molecule has 0 fully saturated rings. The zero-order valence-corrected chi connectivity index (χ0v) is 9.79. The molecule has 1 aromatic carbocycles. The SMILES string of the molecule is CC(O)CCNC(=O)Nc1ccccc1Cl. The summed E-state index contributed by atoms with van der Waals surface area (Å²) in [5.41, 5.74) is 0.568. The van der Waals surface area contributed by atoms with Gasteiger partial charge in [0.05, 0.1) is 16.8 Å². The molecule has 1 atom stereocenters. The minimum atomic E-state index is -0.416. The highest BCUT2D eigenvalue weighted by Gasteiger charge is 2.04. The first-order chi connectivity index (χ1) is 7.59. The number of hydrogen-bond acceptors (Lipinski definition) is 2. The quantitative estimate of drug-likeness (QED) is 0.758. The number of para-hydroxylation sites is 1. The van der Waals surface area contributed by atoms with E-state index in [4.69, 9.17) is 16.7 Å². The molecular weight excluding hydrogens is 228 g/mol. The van der Waals surface area contributed by atoms with E-state index in [-0.39, 0.29) is 6.03 Å². The maximum Gasteiger partial charge on any atom is 0.319 e. The molecule has 4 nitrogen and oxygen atoms in total. The summed E-state index contributed by atoms with van der Waals surface area (Å²) >= 11 is 5.87. The van der Waals surface area contributed by atoms with Crippen LogP contribution in [0.2, 0.25) is 5.02 Å². The predicted octanol–water partition coefficient (Wildman–Crippen LogP) is 2.23. The Labute approximate surface area is 99.6 Å². The van der Waals surface area contributed by atoms with Gasteiger partial charge in [0, 0.05) is 6.54 Å². The fourth-order valence-electron chi connectivity index (χ4n) is 1.12. The molecule has 0 saturated heterocycles. The van der Waals surface area contributed by atoms with Crippen molar-refractivity contribution >= 4 is 23.3 Å². The molecule has 16 heavy (non-hydrogen) atoms. The van der Waals surface area contributed by atoms with Gasteiger partial charge in [-0.1, -0.05) is 23.7 Å². The lowest BCUT2D eigenvalue weighted by Gasteiger charge is -2.09. The van der Waals surface area contributed by atoms with Crippen LogP contribution in [0.1, 0.15) is 13.3 Å². The van der Waals surface area contributed by atoms with Crippen LogP contribution in [-0.2, 0) is 0 Å². The van der Waals surface area contributed by atoms with Gasteiger partial charge in [-0.3, -0.25) is 0 Å². The molecule has 0 saturated carbocycles. The van der Waals surface area contributed by atoms with Gasteiger partial charge in [0.15, 0.2) is 0 Å². The van der Waals surface area contributed by atoms with E-state index >= 15 is 0 Å². The molecule has 0 aliphatic rings. The first-order valence-electron chi connectivity index (χ1n) is 5.07. The number of carbonyl (C=O) groups is 1. The Morgan fingerprint density at radius 3 is 2.81 bits per heavy atom. The third-order valence-electron chi connectivity index (χ3n) is 1.97. The third-order valence-corrected chi connectivity index (χ3v) is 2.30. The third kappa shape index (κ3) is 4.51. The molecule has 0 aromatic heterocycles. The first-order valence-corrected chi connectivity index (χ1v) is 5.45. The second-order valence-corrected chi connectivity index (χ2v) is 3.91. The Hall–Kier alpha value is -1.26. The van der Waals surface area contributed by atoms with Crippen LogP contribution < -0.4 is 10.6 Å². The summed E-state index contributed by atoms with van der Waals surface area (Å²) in [4.78, 5) is 11.4. The highest BCUT2D eigenvalue weighted by atomic mass is 35.5. The van der Waals surface area contributed by atoms with Crippen molar-refractivity contribution in [2.75, 3.05) is 11.9 Å². The molecule has 0 aliphatic carbocycles. The summed E-state index contributed by atoms with van der Waals surface area (Å²) in [5, 5.41) is 14.7. The molecule has 0 bridgehead atoms. The van der Waals surface area contributed by atoms with E-state index in [1.165, 1.54) is 0 Å². The number of rotatable bonds is 4. The van der Waals surface area contributed by atoms with Crippen LogP contribution in [0.3, 0.4) is 0 Å². The average Bonchev–Trinajstić information content (AvgIpc) is 2.21. The average molecular weight is 243 g/mol. The number of nitrogens with one attached hydrogen (secondary N) is 2. The maximum absolute atomic E-state index is 11.4. The number of aliphatic hydroxyl groups excluding tert-OH is 1. The van der Waals surface area contributed by atoms with Crippen molar-refractivity contribution in [1.29, 1.82) is 0 Å². The Balaban J connectivity index is 2.37. The van der Waals surface area contributed by atoms with Crippen molar-refractivity contribution in [3.63, 3.8) is 0 Å². The van der Waals surface area contributed by atoms with E-state index in [9.17, 15) is 4.79 Å². The van der Waals surface area contributed by atoms with Crippen LogP contribution in [0, 0.1) is 0 Å². The minimum absolute atomic E-state index is 0.325. The zero-order chi connectivity index (χ0) is 12.0. The highest BCUT2D eigenvalue weighted by molar-refractivity contribution is 6.33. The van der Waals surface area contributed by atoms with Crippen molar-refractivity contribution in [3.8, 4) is 0 Å². The largest absolute Gasteiger partial charge is 0.393 e. The number of urea groups is 1. The van der Waals surface area contributed by atoms with Crippen LogP contribution in [0.5, 0.6) is 0 Å². The molecule has 5 heteroatoms. The Kier molecular flexibility index (Phi) is 5.08. The van der Waals surface area contributed by atoms with E-state index in [1.807, 2.05) is 0 Å².